The van der Waals surface area contributed by atoms with Gasteiger partial charge >= 0.3 is 5.97 Å². The summed E-state index contributed by atoms with van der Waals surface area (Å²) in [7, 11) is 0. The van der Waals surface area contributed by atoms with Gasteiger partial charge in [0.1, 0.15) is 6.04 Å². The van der Waals surface area contributed by atoms with Crippen LogP contribution in [0.2, 0.25) is 0 Å². The number of likely N-dealkylation sites (tertiary alicyclic amines) is 1. The van der Waals surface area contributed by atoms with E-state index in [4.69, 9.17) is 0 Å². The Morgan fingerprint density at radius 1 is 1.61 bits per heavy atom. The molecule has 0 aromatic heterocycles. The van der Waals surface area contributed by atoms with Gasteiger partial charge in [0.25, 0.3) is 0 Å². The van der Waals surface area contributed by atoms with Crippen LogP contribution in [0.3, 0.4) is 0 Å². The minimum atomic E-state index is -0.699. The Morgan fingerprint density at radius 2 is 2.39 bits per heavy atom. The maximum atomic E-state index is 11.2. The van der Waals surface area contributed by atoms with E-state index in [0.29, 0.717) is 0 Å². The first-order valence-corrected chi connectivity index (χ1v) is 7.93. The number of thioether (sulfide) groups is 1. The smallest absolute Gasteiger partial charge is 0.320 e. The molecule has 1 fully saturated rings. The Balaban J connectivity index is 2.16. The average Bonchev–Trinajstić information content (AvgIpc) is 2.79. The van der Waals surface area contributed by atoms with Crippen molar-refractivity contribution in [2.45, 2.75) is 30.3 Å². The van der Waals surface area contributed by atoms with Crippen molar-refractivity contribution in [2.75, 3.05) is 12.8 Å². The molecule has 1 aromatic rings. The molecule has 1 heterocycles. The van der Waals surface area contributed by atoms with Crippen LogP contribution in [0.25, 0.3) is 0 Å². The van der Waals surface area contributed by atoms with E-state index in [-0.39, 0.29) is 6.04 Å². The highest BCUT2D eigenvalue weighted by molar-refractivity contribution is 9.10. The topological polar surface area (TPSA) is 40.5 Å². The van der Waals surface area contributed by atoms with Crippen LogP contribution in [0.1, 0.15) is 18.4 Å². The standard InChI is InChI=1S/C13H16BrNO2S/c1-18-12-7-10(14)5-4-9(12)8-15-6-2-3-11(15)13(16)17/h4-5,7,11H,2-3,6,8H2,1H3,(H,16,17). The molecule has 2 rings (SSSR count). The van der Waals surface area contributed by atoms with Crippen molar-refractivity contribution in [3.8, 4) is 0 Å². The minimum Gasteiger partial charge on any atom is -0.480 e. The molecule has 1 aromatic carbocycles. The lowest BCUT2D eigenvalue weighted by molar-refractivity contribution is -0.142. The largest absolute Gasteiger partial charge is 0.480 e. The van der Waals surface area contributed by atoms with Crippen molar-refractivity contribution in [1.82, 2.24) is 4.90 Å². The zero-order valence-corrected chi connectivity index (χ0v) is 12.6. The van der Waals surface area contributed by atoms with Gasteiger partial charge in [-0.2, -0.15) is 0 Å². The number of carboxylic acids is 1. The van der Waals surface area contributed by atoms with Crippen molar-refractivity contribution in [1.29, 1.82) is 0 Å². The van der Waals surface area contributed by atoms with Crippen LogP contribution in [0.15, 0.2) is 27.6 Å². The number of hydrogen-bond acceptors (Lipinski definition) is 3. The molecule has 1 atom stereocenters. The van der Waals surface area contributed by atoms with Crippen molar-refractivity contribution < 1.29 is 9.90 Å². The molecule has 3 nitrogen and oxygen atoms in total. The third-order valence-electron chi connectivity index (χ3n) is 3.27. The summed E-state index contributed by atoms with van der Waals surface area (Å²) < 4.78 is 1.06. The van der Waals surface area contributed by atoms with Crippen molar-refractivity contribution in [3.63, 3.8) is 0 Å². The van der Waals surface area contributed by atoms with Crippen LogP contribution < -0.4 is 0 Å². The summed E-state index contributed by atoms with van der Waals surface area (Å²) >= 11 is 5.16. The van der Waals surface area contributed by atoms with Gasteiger partial charge in [0, 0.05) is 15.9 Å². The van der Waals surface area contributed by atoms with Gasteiger partial charge in [-0.3, -0.25) is 9.69 Å². The van der Waals surface area contributed by atoms with Crippen molar-refractivity contribution in [2.24, 2.45) is 0 Å². The summed E-state index contributed by atoms with van der Waals surface area (Å²) in [6.07, 6.45) is 3.78. The molecule has 0 radical (unpaired) electrons. The molecule has 0 bridgehead atoms. The molecule has 0 saturated carbocycles. The number of rotatable bonds is 4. The van der Waals surface area contributed by atoms with Crippen LogP contribution in [0, 0.1) is 0 Å². The number of aliphatic carboxylic acids is 1. The summed E-state index contributed by atoms with van der Waals surface area (Å²) in [5.74, 6) is -0.699. The Hall–Kier alpha value is -0.520. The molecule has 0 amide bonds. The first-order valence-electron chi connectivity index (χ1n) is 5.91. The third-order valence-corrected chi connectivity index (χ3v) is 4.58. The predicted octanol–water partition coefficient (Wildman–Crippen LogP) is 3.22. The normalized spacial score (nSPS) is 20.2. The first-order chi connectivity index (χ1) is 8.61. The second-order valence-electron chi connectivity index (χ2n) is 4.42. The first kappa shape index (κ1) is 13.9. The predicted molar refractivity (Wildman–Crippen MR) is 77.0 cm³/mol. The molecule has 5 heteroatoms. The number of halogens is 1. The zero-order chi connectivity index (χ0) is 13.1. The molecule has 0 spiro atoms. The van der Waals surface area contributed by atoms with Crippen molar-refractivity contribution >= 4 is 33.7 Å². The average molecular weight is 330 g/mol. The molecule has 0 aliphatic carbocycles. The highest BCUT2D eigenvalue weighted by atomic mass is 79.9. The van der Waals surface area contributed by atoms with E-state index < -0.39 is 5.97 Å². The van der Waals surface area contributed by atoms with E-state index in [1.807, 2.05) is 12.3 Å². The summed E-state index contributed by atoms with van der Waals surface area (Å²) in [5.41, 5.74) is 1.21. The summed E-state index contributed by atoms with van der Waals surface area (Å²) in [6.45, 7) is 1.60. The van der Waals surface area contributed by atoms with Gasteiger partial charge in [-0.15, -0.1) is 11.8 Å². The lowest BCUT2D eigenvalue weighted by atomic mass is 10.2. The molecule has 18 heavy (non-hydrogen) atoms. The van der Waals surface area contributed by atoms with Crippen molar-refractivity contribution in [3.05, 3.63) is 28.2 Å². The number of benzene rings is 1. The third kappa shape index (κ3) is 3.08. The van der Waals surface area contributed by atoms with Crippen LogP contribution in [0.4, 0.5) is 0 Å². The number of carbonyl (C=O) groups is 1. The molecule has 1 unspecified atom stereocenters. The van der Waals surface area contributed by atoms with E-state index in [2.05, 4.69) is 33.0 Å². The minimum absolute atomic E-state index is 0.316. The fraction of sp³-hybridized carbons (Fsp3) is 0.462. The van der Waals surface area contributed by atoms with Crippen LogP contribution >= 0.6 is 27.7 Å². The lowest BCUT2D eigenvalue weighted by Crippen LogP contribution is -2.35. The molecule has 1 aliphatic rings. The molecule has 1 saturated heterocycles. The van der Waals surface area contributed by atoms with E-state index in [1.165, 1.54) is 10.5 Å². The van der Waals surface area contributed by atoms with Gasteiger partial charge in [-0.1, -0.05) is 22.0 Å². The fourth-order valence-corrected chi connectivity index (χ4v) is 3.52. The summed E-state index contributed by atoms with van der Waals surface area (Å²) in [6, 6.07) is 5.86. The second kappa shape index (κ2) is 6.08. The molecule has 98 valence electrons. The number of carboxylic acid groups (broad SMARTS) is 1. The highest BCUT2D eigenvalue weighted by Crippen LogP contribution is 2.28. The highest BCUT2D eigenvalue weighted by Gasteiger charge is 2.30. The number of hydrogen-bond donors (Lipinski definition) is 1. The van der Waals surface area contributed by atoms with Crippen LogP contribution in [-0.2, 0) is 11.3 Å². The quantitative estimate of drug-likeness (QED) is 0.861. The van der Waals surface area contributed by atoms with E-state index in [0.717, 1.165) is 30.4 Å². The zero-order valence-electron chi connectivity index (χ0n) is 10.2. The molecule has 1 N–H and O–H groups in total. The molecular formula is C13H16BrNO2S. The maximum Gasteiger partial charge on any atom is 0.320 e. The van der Waals surface area contributed by atoms with Gasteiger partial charge < -0.3 is 5.11 Å². The monoisotopic (exact) mass is 329 g/mol. The summed E-state index contributed by atoms with van der Waals surface area (Å²) in [4.78, 5) is 14.4. The summed E-state index contributed by atoms with van der Waals surface area (Å²) in [5, 5.41) is 9.18. The second-order valence-corrected chi connectivity index (χ2v) is 6.19. The van der Waals surface area contributed by atoms with Gasteiger partial charge in [0.15, 0.2) is 0 Å². The van der Waals surface area contributed by atoms with E-state index in [9.17, 15) is 9.90 Å². The number of nitrogens with zero attached hydrogens (tertiary/aromatic N) is 1. The Bertz CT molecular complexity index is 453. The Morgan fingerprint density at radius 3 is 3.06 bits per heavy atom. The van der Waals surface area contributed by atoms with Gasteiger partial charge in [-0.25, -0.2) is 0 Å². The molecular weight excluding hydrogens is 314 g/mol. The van der Waals surface area contributed by atoms with Gasteiger partial charge in [-0.05, 0) is 43.3 Å². The van der Waals surface area contributed by atoms with Crippen LogP contribution in [0.5, 0.6) is 0 Å². The fourth-order valence-electron chi connectivity index (χ4n) is 2.36. The van der Waals surface area contributed by atoms with E-state index >= 15 is 0 Å². The van der Waals surface area contributed by atoms with Crippen LogP contribution in [-0.4, -0.2) is 34.8 Å². The Kier molecular flexibility index (Phi) is 4.70. The molecule has 1 aliphatic heterocycles. The SMILES string of the molecule is CSc1cc(Br)ccc1CN1CCCC1C(=O)O. The van der Waals surface area contributed by atoms with Gasteiger partial charge in [0.2, 0.25) is 0 Å². The maximum absolute atomic E-state index is 11.2. The Labute approximate surface area is 120 Å². The van der Waals surface area contributed by atoms with Gasteiger partial charge in [0.05, 0.1) is 0 Å². The van der Waals surface area contributed by atoms with E-state index in [1.54, 1.807) is 11.8 Å². The lowest BCUT2D eigenvalue weighted by Gasteiger charge is -2.22.